The molecular weight excluding hydrogens is 368 g/mol. The first-order valence-electron chi connectivity index (χ1n) is 8.95. The average Bonchev–Trinajstić information content (AvgIpc) is 2.94. The summed E-state index contributed by atoms with van der Waals surface area (Å²) >= 11 is 0. The van der Waals surface area contributed by atoms with Crippen molar-refractivity contribution >= 4 is 0 Å². The summed E-state index contributed by atoms with van der Waals surface area (Å²) in [5.41, 5.74) is 2.47. The number of aromatic nitrogens is 2. The third kappa shape index (κ3) is 3.71. The van der Waals surface area contributed by atoms with Gasteiger partial charge in [0.1, 0.15) is 24.1 Å². The number of nitrogens with zero attached hydrogens (tertiary/aromatic N) is 2. The molecule has 3 rings (SSSR count). The monoisotopic (exact) mass is 394 g/mol. The molecule has 1 aromatic carbocycles. The van der Waals surface area contributed by atoms with Crippen molar-refractivity contribution in [1.82, 2.24) is 9.78 Å². The van der Waals surface area contributed by atoms with Crippen molar-refractivity contribution in [2.24, 2.45) is 7.05 Å². The number of methoxy groups -OCH3 is 1. The van der Waals surface area contributed by atoms with Crippen LogP contribution in [0.4, 0.5) is 0 Å². The summed E-state index contributed by atoms with van der Waals surface area (Å²) in [7, 11) is 3.33. The van der Waals surface area contributed by atoms with E-state index in [1.54, 1.807) is 18.8 Å². The standard InChI is InChI=1S/C19H26N2O7/c1-11-14(8-12-4-6-13(26-3)7-5-12)18(20-21(11)2)28-19(25)16(9-22)27-10-15(23)17(19)24/h4-7,15-17,22-25H,8-10H2,1-3H3/t15-,16+,17+,19+/m0/s1. The van der Waals surface area contributed by atoms with Gasteiger partial charge in [-0.1, -0.05) is 12.1 Å². The lowest BCUT2D eigenvalue weighted by Gasteiger charge is -2.43. The van der Waals surface area contributed by atoms with Crippen LogP contribution in [0.15, 0.2) is 24.3 Å². The van der Waals surface area contributed by atoms with Crippen LogP contribution in [0.25, 0.3) is 0 Å². The highest BCUT2D eigenvalue weighted by molar-refractivity contribution is 5.38. The Morgan fingerprint density at radius 3 is 2.57 bits per heavy atom. The molecule has 9 nitrogen and oxygen atoms in total. The Morgan fingerprint density at radius 2 is 1.96 bits per heavy atom. The van der Waals surface area contributed by atoms with Crippen LogP contribution in [0.1, 0.15) is 16.8 Å². The highest BCUT2D eigenvalue weighted by atomic mass is 16.7. The highest BCUT2D eigenvalue weighted by Crippen LogP contribution is 2.33. The Kier molecular flexibility index (Phi) is 5.92. The second kappa shape index (κ2) is 8.06. The van der Waals surface area contributed by atoms with Crippen molar-refractivity contribution in [2.45, 2.75) is 37.4 Å². The molecule has 4 atom stereocenters. The van der Waals surface area contributed by atoms with Crippen LogP contribution in [0.3, 0.4) is 0 Å². The summed E-state index contributed by atoms with van der Waals surface area (Å²) in [6.45, 7) is 1.03. The molecule has 2 heterocycles. The fourth-order valence-electron chi connectivity index (χ4n) is 3.21. The van der Waals surface area contributed by atoms with Crippen LogP contribution in [0.2, 0.25) is 0 Å². The number of aliphatic hydroxyl groups excluding tert-OH is 3. The Balaban J connectivity index is 1.92. The molecule has 0 amide bonds. The second-order valence-corrected chi connectivity index (χ2v) is 6.89. The minimum absolute atomic E-state index is 0.0912. The van der Waals surface area contributed by atoms with Gasteiger partial charge in [-0.3, -0.25) is 4.68 Å². The lowest BCUT2D eigenvalue weighted by atomic mass is 9.96. The first kappa shape index (κ1) is 20.6. The van der Waals surface area contributed by atoms with Gasteiger partial charge in [-0.25, -0.2) is 0 Å². The van der Waals surface area contributed by atoms with Crippen LogP contribution >= 0.6 is 0 Å². The normalized spacial score (nSPS) is 27.6. The second-order valence-electron chi connectivity index (χ2n) is 6.89. The molecule has 9 heteroatoms. The SMILES string of the molecule is COc1ccc(Cc2c(O[C@@]3(O)[C@H](O)[C@@H](O)CO[C@@H]3CO)nn(C)c2C)cc1. The molecule has 4 N–H and O–H groups in total. The maximum Gasteiger partial charge on any atom is 0.267 e. The Bertz CT molecular complexity index is 803. The molecule has 1 aliphatic rings. The maximum absolute atomic E-state index is 10.9. The molecule has 0 saturated carbocycles. The molecule has 1 saturated heterocycles. The molecular formula is C19H26N2O7. The average molecular weight is 394 g/mol. The quantitative estimate of drug-likeness (QED) is 0.484. The fraction of sp³-hybridized carbons (Fsp3) is 0.526. The summed E-state index contributed by atoms with van der Waals surface area (Å²) in [5.74, 6) is -1.52. The number of rotatable bonds is 6. The molecule has 1 aromatic heterocycles. The molecule has 2 aromatic rings. The van der Waals surface area contributed by atoms with Crippen molar-refractivity contribution in [1.29, 1.82) is 0 Å². The predicted molar refractivity (Wildman–Crippen MR) is 98.2 cm³/mol. The fourth-order valence-corrected chi connectivity index (χ4v) is 3.21. The van der Waals surface area contributed by atoms with Crippen molar-refractivity contribution in [2.75, 3.05) is 20.3 Å². The van der Waals surface area contributed by atoms with E-state index < -0.39 is 30.7 Å². The maximum atomic E-state index is 10.9. The third-order valence-electron chi connectivity index (χ3n) is 5.10. The van der Waals surface area contributed by atoms with Crippen LogP contribution < -0.4 is 9.47 Å². The lowest BCUT2D eigenvalue weighted by Crippen LogP contribution is -2.67. The van der Waals surface area contributed by atoms with Gasteiger partial charge in [-0.05, 0) is 24.6 Å². The van der Waals surface area contributed by atoms with E-state index in [4.69, 9.17) is 14.2 Å². The third-order valence-corrected chi connectivity index (χ3v) is 5.10. The number of ether oxygens (including phenoxy) is 3. The molecule has 1 aliphatic heterocycles. The number of hydrogen-bond acceptors (Lipinski definition) is 8. The zero-order valence-electron chi connectivity index (χ0n) is 16.1. The molecule has 154 valence electrons. The van der Waals surface area contributed by atoms with E-state index in [2.05, 4.69) is 5.10 Å². The Labute approximate surface area is 162 Å². The van der Waals surface area contributed by atoms with Crippen LogP contribution in [-0.4, -0.2) is 74.6 Å². The van der Waals surface area contributed by atoms with E-state index in [1.165, 1.54) is 0 Å². The molecule has 0 unspecified atom stereocenters. The Morgan fingerprint density at radius 1 is 1.29 bits per heavy atom. The van der Waals surface area contributed by atoms with Crippen molar-refractivity contribution in [3.05, 3.63) is 41.1 Å². The van der Waals surface area contributed by atoms with Crippen molar-refractivity contribution < 1.29 is 34.6 Å². The van der Waals surface area contributed by atoms with E-state index in [0.29, 0.717) is 12.0 Å². The Hall–Kier alpha value is -2.17. The zero-order valence-corrected chi connectivity index (χ0v) is 16.1. The summed E-state index contributed by atoms with van der Waals surface area (Å²) in [6, 6.07) is 7.49. The smallest absolute Gasteiger partial charge is 0.267 e. The van der Waals surface area contributed by atoms with Crippen LogP contribution in [0, 0.1) is 6.92 Å². The number of benzene rings is 1. The van der Waals surface area contributed by atoms with Gasteiger partial charge in [-0.2, -0.15) is 0 Å². The van der Waals surface area contributed by atoms with Crippen LogP contribution in [-0.2, 0) is 18.2 Å². The molecule has 1 fully saturated rings. The number of aliphatic hydroxyl groups is 4. The van der Waals surface area contributed by atoms with Gasteiger partial charge in [0.05, 0.1) is 20.3 Å². The lowest BCUT2D eigenvalue weighted by molar-refractivity contribution is -0.323. The number of hydrogen-bond donors (Lipinski definition) is 4. The first-order valence-corrected chi connectivity index (χ1v) is 8.95. The topological polar surface area (TPSA) is 126 Å². The van der Waals surface area contributed by atoms with Crippen LogP contribution in [0.5, 0.6) is 11.6 Å². The van der Waals surface area contributed by atoms with Gasteiger partial charge in [0, 0.05) is 24.7 Å². The van der Waals surface area contributed by atoms with Crippen molar-refractivity contribution in [3.63, 3.8) is 0 Å². The highest BCUT2D eigenvalue weighted by Gasteiger charge is 2.54. The van der Waals surface area contributed by atoms with Gasteiger partial charge >= 0.3 is 0 Å². The van der Waals surface area contributed by atoms with Gasteiger partial charge in [0.2, 0.25) is 5.88 Å². The van der Waals surface area contributed by atoms with Gasteiger partial charge < -0.3 is 34.6 Å². The molecule has 0 bridgehead atoms. The largest absolute Gasteiger partial charge is 0.497 e. The van der Waals surface area contributed by atoms with E-state index in [-0.39, 0.29) is 12.5 Å². The molecule has 0 radical (unpaired) electrons. The van der Waals surface area contributed by atoms with Gasteiger partial charge in [-0.15, -0.1) is 5.10 Å². The molecule has 28 heavy (non-hydrogen) atoms. The van der Waals surface area contributed by atoms with E-state index in [9.17, 15) is 20.4 Å². The minimum Gasteiger partial charge on any atom is -0.497 e. The molecule has 0 spiro atoms. The summed E-state index contributed by atoms with van der Waals surface area (Å²) in [6.07, 6.45) is -3.81. The van der Waals surface area contributed by atoms with E-state index in [1.807, 2.05) is 31.2 Å². The van der Waals surface area contributed by atoms with E-state index in [0.717, 1.165) is 17.0 Å². The van der Waals surface area contributed by atoms with Crippen molar-refractivity contribution in [3.8, 4) is 11.6 Å². The van der Waals surface area contributed by atoms with E-state index >= 15 is 0 Å². The van der Waals surface area contributed by atoms with Gasteiger partial charge in [0.25, 0.3) is 5.79 Å². The van der Waals surface area contributed by atoms with Gasteiger partial charge in [0.15, 0.2) is 0 Å². The number of aryl methyl sites for hydroxylation is 1. The minimum atomic E-state index is -2.35. The summed E-state index contributed by atoms with van der Waals surface area (Å²) in [4.78, 5) is 0. The summed E-state index contributed by atoms with van der Waals surface area (Å²) < 4.78 is 17.7. The molecule has 0 aliphatic carbocycles. The predicted octanol–water partition coefficient (Wildman–Crippen LogP) is -0.492. The first-order chi connectivity index (χ1) is 13.3. The summed E-state index contributed by atoms with van der Waals surface area (Å²) in [5, 5.41) is 44.9. The zero-order chi connectivity index (χ0) is 20.5.